The first-order valence-corrected chi connectivity index (χ1v) is 7.36. The largest absolute Gasteiger partial charge is 0.462 e. The highest BCUT2D eigenvalue weighted by Gasteiger charge is 2.91. The van der Waals surface area contributed by atoms with Crippen LogP contribution in [0.3, 0.4) is 0 Å². The molecule has 0 aliphatic heterocycles. The number of ether oxygens (including phenoxy) is 1. The van der Waals surface area contributed by atoms with Gasteiger partial charge in [0, 0.05) is 5.57 Å². The van der Waals surface area contributed by atoms with Gasteiger partial charge < -0.3 is 4.74 Å². The molecule has 15 heteroatoms. The van der Waals surface area contributed by atoms with Gasteiger partial charge in [-0.3, -0.25) is 0 Å². The van der Waals surface area contributed by atoms with Crippen molar-refractivity contribution in [3.63, 3.8) is 0 Å². The maximum absolute atomic E-state index is 13.7. The molecule has 0 atom stereocenters. The lowest BCUT2D eigenvalue weighted by Crippen LogP contribution is -2.70. The number of carbonyl (C=O) groups excluding carboxylic acids is 1. The van der Waals surface area contributed by atoms with Crippen molar-refractivity contribution in [2.45, 2.75) is 56.6 Å². The molecule has 0 aromatic rings. The first-order valence-electron chi connectivity index (χ1n) is 7.36. The second-order valence-electron chi connectivity index (χ2n) is 5.92. The minimum absolute atomic E-state index is 0.235. The van der Waals surface area contributed by atoms with Crippen molar-refractivity contribution in [3.05, 3.63) is 12.2 Å². The third kappa shape index (κ3) is 4.90. The lowest BCUT2D eigenvalue weighted by atomic mass is 9.72. The van der Waals surface area contributed by atoms with Crippen LogP contribution < -0.4 is 0 Å². The van der Waals surface area contributed by atoms with Crippen LogP contribution in [0, 0.1) is 5.41 Å². The van der Waals surface area contributed by atoms with E-state index in [0.717, 1.165) is 6.92 Å². The number of hydrogen-bond donors (Lipinski definition) is 0. The lowest BCUT2D eigenvalue weighted by Gasteiger charge is -2.45. The van der Waals surface area contributed by atoms with Crippen molar-refractivity contribution >= 4 is 5.97 Å². The van der Waals surface area contributed by atoms with E-state index >= 15 is 0 Å². The molecule has 0 spiro atoms. The van der Waals surface area contributed by atoms with Crippen LogP contribution in [-0.2, 0) is 9.53 Å². The first-order chi connectivity index (χ1) is 12.6. The van der Waals surface area contributed by atoms with Gasteiger partial charge in [-0.25, -0.2) is 4.79 Å². The van der Waals surface area contributed by atoms with Crippen molar-refractivity contribution < 1.29 is 66.6 Å². The molecule has 0 aliphatic carbocycles. The molecule has 0 heterocycles. The minimum atomic E-state index is -7.66. The molecule has 0 bridgehead atoms. The SMILES string of the molecule is C=C(C)C(=O)OCCCCC(C(F)(F)F)(C(F)(F)F)C(F)(F)C(F)(F)C(F)(F)F. The van der Waals surface area contributed by atoms with Crippen molar-refractivity contribution in [2.24, 2.45) is 5.41 Å². The molecule has 0 unspecified atom stereocenters. The molecule has 29 heavy (non-hydrogen) atoms. The quantitative estimate of drug-likeness (QED) is 0.186. The Balaban J connectivity index is 6.07. The molecule has 172 valence electrons. The van der Waals surface area contributed by atoms with E-state index in [1.165, 1.54) is 0 Å². The predicted molar refractivity (Wildman–Crippen MR) is 70.1 cm³/mol. The molecule has 0 aromatic carbocycles. The van der Waals surface area contributed by atoms with Crippen molar-refractivity contribution in [1.29, 1.82) is 0 Å². The van der Waals surface area contributed by atoms with Gasteiger partial charge in [0.15, 0.2) is 0 Å². The molecular weight excluding hydrogens is 447 g/mol. The van der Waals surface area contributed by atoms with Crippen LogP contribution in [0.2, 0.25) is 0 Å². The van der Waals surface area contributed by atoms with Crippen LogP contribution in [0.5, 0.6) is 0 Å². The molecule has 0 saturated carbocycles. The summed E-state index contributed by atoms with van der Waals surface area (Å²) in [6.07, 6.45) is -27.3. The topological polar surface area (TPSA) is 26.3 Å². The van der Waals surface area contributed by atoms with Gasteiger partial charge in [0.2, 0.25) is 5.41 Å². The fourth-order valence-corrected chi connectivity index (χ4v) is 2.18. The zero-order valence-corrected chi connectivity index (χ0v) is 14.3. The Morgan fingerprint density at radius 2 is 1.14 bits per heavy atom. The highest BCUT2D eigenvalue weighted by atomic mass is 19.4. The van der Waals surface area contributed by atoms with E-state index in [4.69, 9.17) is 0 Å². The molecule has 0 fully saturated rings. The summed E-state index contributed by atoms with van der Waals surface area (Å²) >= 11 is 0. The minimum Gasteiger partial charge on any atom is -0.462 e. The molecule has 0 saturated heterocycles. The summed E-state index contributed by atoms with van der Waals surface area (Å²) in [7, 11) is 0. The zero-order valence-electron chi connectivity index (χ0n) is 14.3. The molecular formula is C14H13F13O2. The highest BCUT2D eigenvalue weighted by Crippen LogP contribution is 2.67. The highest BCUT2D eigenvalue weighted by molar-refractivity contribution is 5.86. The fourth-order valence-electron chi connectivity index (χ4n) is 2.18. The number of rotatable bonds is 8. The molecule has 0 aromatic heterocycles. The summed E-state index contributed by atoms with van der Waals surface area (Å²) < 4.78 is 173. The first kappa shape index (κ1) is 27.3. The van der Waals surface area contributed by atoms with Gasteiger partial charge in [0.1, 0.15) is 0 Å². The van der Waals surface area contributed by atoms with Gasteiger partial charge in [-0.15, -0.1) is 0 Å². The molecule has 2 nitrogen and oxygen atoms in total. The third-order valence-corrected chi connectivity index (χ3v) is 3.78. The Hall–Kier alpha value is -1.70. The summed E-state index contributed by atoms with van der Waals surface area (Å²) in [6, 6.07) is 0. The second kappa shape index (κ2) is 8.20. The van der Waals surface area contributed by atoms with E-state index in [2.05, 4.69) is 11.3 Å². The van der Waals surface area contributed by atoms with Crippen LogP contribution in [-0.4, -0.2) is 43.0 Å². The van der Waals surface area contributed by atoms with Gasteiger partial charge in [-0.05, 0) is 26.2 Å². The molecule has 0 N–H and O–H groups in total. The van der Waals surface area contributed by atoms with Crippen molar-refractivity contribution in [2.75, 3.05) is 6.61 Å². The fraction of sp³-hybridized carbons (Fsp3) is 0.786. The van der Waals surface area contributed by atoms with E-state index in [9.17, 15) is 61.9 Å². The van der Waals surface area contributed by atoms with Crippen LogP contribution in [0.4, 0.5) is 57.1 Å². The maximum atomic E-state index is 13.7. The smallest absolute Gasteiger partial charge is 0.459 e. The van der Waals surface area contributed by atoms with Gasteiger partial charge in [0.05, 0.1) is 6.61 Å². The number of esters is 1. The van der Waals surface area contributed by atoms with Gasteiger partial charge in [-0.2, -0.15) is 57.1 Å². The van der Waals surface area contributed by atoms with E-state index in [1.807, 2.05) is 0 Å². The van der Waals surface area contributed by atoms with Crippen molar-refractivity contribution in [3.8, 4) is 0 Å². The number of carbonyl (C=O) groups is 1. The lowest BCUT2D eigenvalue weighted by molar-refractivity contribution is -0.461. The molecule has 0 aliphatic rings. The van der Waals surface area contributed by atoms with Crippen LogP contribution >= 0.6 is 0 Å². The molecule has 0 radical (unpaired) electrons. The van der Waals surface area contributed by atoms with Crippen LogP contribution in [0.15, 0.2) is 12.2 Å². The van der Waals surface area contributed by atoms with E-state index in [1.54, 1.807) is 0 Å². The zero-order chi connectivity index (χ0) is 23.7. The molecule has 0 amide bonds. The Morgan fingerprint density at radius 3 is 1.45 bits per heavy atom. The average Bonchev–Trinajstić information content (AvgIpc) is 2.45. The number of halogens is 13. The standard InChI is InChI=1S/C14H13F13O2/c1-7(2)8(28)29-6-4-3-5-9(12(19,20)21,13(22,23)24)10(15,16)11(17,18)14(25,26)27/h1,3-6H2,2H3. The summed E-state index contributed by atoms with van der Waals surface area (Å²) in [5.74, 6) is -16.4. The van der Waals surface area contributed by atoms with Crippen LogP contribution in [0.1, 0.15) is 26.2 Å². The maximum Gasteiger partial charge on any atom is 0.459 e. The van der Waals surface area contributed by atoms with Crippen LogP contribution in [0.25, 0.3) is 0 Å². The van der Waals surface area contributed by atoms with Gasteiger partial charge in [0.25, 0.3) is 0 Å². The van der Waals surface area contributed by atoms with Gasteiger partial charge in [-0.1, -0.05) is 6.58 Å². The van der Waals surface area contributed by atoms with Crippen molar-refractivity contribution in [1.82, 2.24) is 0 Å². The second-order valence-corrected chi connectivity index (χ2v) is 5.92. The normalized spacial score (nSPS) is 14.7. The Kier molecular flexibility index (Phi) is 7.72. The van der Waals surface area contributed by atoms with E-state index < -0.39 is 67.6 Å². The van der Waals surface area contributed by atoms with E-state index in [-0.39, 0.29) is 5.57 Å². The Morgan fingerprint density at radius 1 is 0.724 bits per heavy atom. The Bertz CT molecular complexity index is 584. The monoisotopic (exact) mass is 460 g/mol. The summed E-state index contributed by atoms with van der Waals surface area (Å²) in [4.78, 5) is 11.0. The third-order valence-electron chi connectivity index (χ3n) is 3.78. The number of unbranched alkanes of at least 4 members (excludes halogenated alkanes) is 1. The Labute approximate surface area is 154 Å². The van der Waals surface area contributed by atoms with E-state index in [0.29, 0.717) is 0 Å². The summed E-state index contributed by atoms with van der Waals surface area (Å²) in [6.45, 7) is 3.27. The summed E-state index contributed by atoms with van der Waals surface area (Å²) in [5.41, 5.74) is -6.95. The summed E-state index contributed by atoms with van der Waals surface area (Å²) in [5, 5.41) is 0. The average molecular weight is 460 g/mol. The number of hydrogen-bond acceptors (Lipinski definition) is 2. The predicted octanol–water partition coefficient (Wildman–Crippen LogP) is 6.22. The number of alkyl halides is 13. The molecule has 0 rings (SSSR count). The van der Waals surface area contributed by atoms with Gasteiger partial charge >= 0.3 is 36.3 Å².